The second-order valence-corrected chi connectivity index (χ2v) is 8.42. The van der Waals surface area contributed by atoms with Crippen molar-refractivity contribution in [2.75, 3.05) is 12.0 Å². The zero-order valence-corrected chi connectivity index (χ0v) is 18.6. The molecule has 8 heteroatoms. The number of halogens is 1. The van der Waals surface area contributed by atoms with Gasteiger partial charge in [-0.1, -0.05) is 24.3 Å². The van der Waals surface area contributed by atoms with Crippen molar-refractivity contribution >= 4 is 44.9 Å². The lowest BCUT2D eigenvalue weighted by Crippen LogP contribution is -2.52. The first-order chi connectivity index (χ1) is 16.9. The number of nitrogens with zero attached hydrogens (tertiary/aromatic N) is 2. The average molecular weight is 466 g/mol. The van der Waals surface area contributed by atoms with Gasteiger partial charge in [0.2, 0.25) is 5.78 Å². The summed E-state index contributed by atoms with van der Waals surface area (Å²) in [5.41, 5.74) is 7.48. The molecule has 3 heterocycles. The summed E-state index contributed by atoms with van der Waals surface area (Å²) in [6.45, 7) is 0. The summed E-state index contributed by atoms with van der Waals surface area (Å²) in [5, 5.41) is 1.74. The highest BCUT2D eigenvalue weighted by Crippen LogP contribution is 2.46. The van der Waals surface area contributed by atoms with Crippen molar-refractivity contribution < 1.29 is 18.7 Å². The van der Waals surface area contributed by atoms with Gasteiger partial charge in [-0.2, -0.15) is 0 Å². The summed E-state index contributed by atoms with van der Waals surface area (Å²) < 4.78 is 18.9. The maximum absolute atomic E-state index is 13.9. The van der Waals surface area contributed by atoms with Gasteiger partial charge in [0.25, 0.3) is 5.91 Å². The van der Waals surface area contributed by atoms with E-state index in [1.807, 2.05) is 24.3 Å². The molecule has 3 N–H and O–H groups in total. The summed E-state index contributed by atoms with van der Waals surface area (Å²) in [7, 11) is 1.50. The van der Waals surface area contributed by atoms with Gasteiger partial charge in [0.1, 0.15) is 17.3 Å². The number of aromatic amines is 1. The van der Waals surface area contributed by atoms with Crippen LogP contribution in [-0.2, 0) is 10.3 Å². The molecule has 1 unspecified atom stereocenters. The van der Waals surface area contributed by atoms with E-state index in [-0.39, 0.29) is 5.69 Å². The normalized spacial score (nSPS) is 17.2. The number of carbonyl (C=O) groups is 2. The summed E-state index contributed by atoms with van der Waals surface area (Å²) >= 11 is 0. The number of nitrogens with one attached hydrogen (secondary N) is 1. The Morgan fingerprint density at radius 2 is 1.80 bits per heavy atom. The molecule has 0 saturated heterocycles. The van der Waals surface area contributed by atoms with Gasteiger partial charge in [0.05, 0.1) is 24.5 Å². The first kappa shape index (κ1) is 21.0. The average Bonchev–Trinajstić information content (AvgIpc) is 3.36. The van der Waals surface area contributed by atoms with Gasteiger partial charge in [0.15, 0.2) is 5.54 Å². The first-order valence-electron chi connectivity index (χ1n) is 10.9. The van der Waals surface area contributed by atoms with Gasteiger partial charge < -0.3 is 15.5 Å². The van der Waals surface area contributed by atoms with Crippen LogP contribution in [-0.4, -0.2) is 28.8 Å². The Morgan fingerprint density at radius 3 is 2.57 bits per heavy atom. The lowest BCUT2D eigenvalue weighted by Gasteiger charge is -2.23. The number of pyridine rings is 1. The molecule has 0 fully saturated rings. The van der Waals surface area contributed by atoms with Crippen molar-refractivity contribution in [2.24, 2.45) is 5.73 Å². The van der Waals surface area contributed by atoms with E-state index in [2.05, 4.69) is 9.97 Å². The zero-order valence-electron chi connectivity index (χ0n) is 18.6. The van der Waals surface area contributed by atoms with Gasteiger partial charge in [-0.15, -0.1) is 0 Å². The lowest BCUT2D eigenvalue weighted by atomic mass is 9.86. The summed E-state index contributed by atoms with van der Waals surface area (Å²) in [4.78, 5) is 36.6. The lowest BCUT2D eigenvalue weighted by molar-refractivity contribution is -0.120. The molecule has 1 atom stereocenters. The third-order valence-electron chi connectivity index (χ3n) is 6.48. The Bertz CT molecular complexity index is 1660. The molecule has 0 aliphatic carbocycles. The third kappa shape index (κ3) is 2.97. The number of hydrogen-bond donors (Lipinski definition) is 2. The van der Waals surface area contributed by atoms with Crippen LogP contribution in [0.15, 0.2) is 79.0 Å². The van der Waals surface area contributed by atoms with Gasteiger partial charge in [-0.3, -0.25) is 19.5 Å². The number of methoxy groups -OCH3 is 1. The quantitative estimate of drug-likeness (QED) is 0.298. The zero-order chi connectivity index (χ0) is 24.3. The van der Waals surface area contributed by atoms with Crippen LogP contribution in [0.25, 0.3) is 21.8 Å². The number of para-hydroxylation sites is 1. The molecule has 172 valence electrons. The topological polar surface area (TPSA) is 101 Å². The van der Waals surface area contributed by atoms with Crippen molar-refractivity contribution in [2.45, 2.75) is 5.54 Å². The minimum atomic E-state index is -2.03. The van der Waals surface area contributed by atoms with Crippen molar-refractivity contribution in [1.29, 1.82) is 0 Å². The van der Waals surface area contributed by atoms with Crippen LogP contribution in [0.1, 0.15) is 16.1 Å². The number of ether oxygens (including phenoxy) is 1. The van der Waals surface area contributed by atoms with E-state index in [1.165, 1.54) is 36.3 Å². The number of fused-ring (bicyclic) bond motifs is 4. The number of anilines is 2. The van der Waals surface area contributed by atoms with Crippen LogP contribution in [0.4, 0.5) is 15.8 Å². The number of aromatic nitrogens is 2. The summed E-state index contributed by atoms with van der Waals surface area (Å²) in [6.07, 6.45) is 1.57. The molecule has 0 spiro atoms. The molecule has 0 radical (unpaired) electrons. The Morgan fingerprint density at radius 1 is 1.03 bits per heavy atom. The number of ketones is 1. The Balaban J connectivity index is 1.52. The molecule has 6 rings (SSSR count). The molecule has 0 bridgehead atoms. The minimum Gasteiger partial charge on any atom is -0.497 e. The highest BCUT2D eigenvalue weighted by Gasteiger charge is 2.55. The molecule has 1 aliphatic rings. The van der Waals surface area contributed by atoms with Gasteiger partial charge in [0, 0.05) is 33.6 Å². The maximum Gasteiger partial charge on any atom is 0.264 e. The maximum atomic E-state index is 13.9. The standard InChI is InChI=1S/C27H19FN4O3/c1-35-17-10-11-20-24(12-17)32(16-8-6-15(28)7-9-16)26(34)27(20,29)25(33)22-13-19-18-4-2-3-5-21(18)31-23(19)14-30-22/h2-14,31H,29H2,1H3. The van der Waals surface area contributed by atoms with E-state index in [9.17, 15) is 14.0 Å². The molecule has 1 amide bonds. The second-order valence-electron chi connectivity index (χ2n) is 8.42. The number of H-pyrrole nitrogens is 1. The molecule has 5 aromatic rings. The highest BCUT2D eigenvalue weighted by atomic mass is 19.1. The number of hydrogen-bond acceptors (Lipinski definition) is 5. The Kier molecular flexibility index (Phi) is 4.49. The Hall–Kier alpha value is -4.56. The predicted octanol–water partition coefficient (Wildman–Crippen LogP) is 4.58. The molecule has 7 nitrogen and oxygen atoms in total. The molecule has 3 aromatic carbocycles. The number of benzene rings is 3. The number of nitrogens with two attached hydrogens (primary N) is 1. The molecule has 35 heavy (non-hydrogen) atoms. The van der Waals surface area contributed by atoms with Gasteiger partial charge in [-0.25, -0.2) is 4.39 Å². The summed E-state index contributed by atoms with van der Waals surface area (Å²) in [6, 6.07) is 19.7. The number of rotatable bonds is 4. The number of amides is 1. The molecule has 0 saturated carbocycles. The SMILES string of the molecule is COc1ccc2c(c1)N(c1ccc(F)cc1)C(=O)C2(N)C(=O)c1cc2c(cn1)[nH]c1ccccc12. The predicted molar refractivity (Wildman–Crippen MR) is 130 cm³/mol. The largest absolute Gasteiger partial charge is 0.497 e. The Labute approximate surface area is 198 Å². The first-order valence-corrected chi connectivity index (χ1v) is 10.9. The molecular weight excluding hydrogens is 447 g/mol. The van der Waals surface area contributed by atoms with Crippen LogP contribution in [0.5, 0.6) is 5.75 Å². The van der Waals surface area contributed by atoms with Crippen LogP contribution in [0.2, 0.25) is 0 Å². The molecule has 1 aliphatic heterocycles. The third-order valence-corrected chi connectivity index (χ3v) is 6.48. The highest BCUT2D eigenvalue weighted by molar-refractivity contribution is 6.28. The van der Waals surface area contributed by atoms with Crippen molar-refractivity contribution in [3.8, 4) is 5.75 Å². The van der Waals surface area contributed by atoms with Crippen LogP contribution < -0.4 is 15.4 Å². The van der Waals surface area contributed by atoms with Crippen molar-refractivity contribution in [3.05, 3.63) is 96.1 Å². The van der Waals surface area contributed by atoms with Crippen LogP contribution >= 0.6 is 0 Å². The summed E-state index contributed by atoms with van der Waals surface area (Å²) in [5.74, 6) is -1.25. The van der Waals surface area contributed by atoms with E-state index in [0.29, 0.717) is 22.7 Å². The molecular formula is C27H19FN4O3. The van der Waals surface area contributed by atoms with E-state index in [4.69, 9.17) is 10.5 Å². The van der Waals surface area contributed by atoms with E-state index >= 15 is 0 Å². The van der Waals surface area contributed by atoms with E-state index in [0.717, 1.165) is 21.8 Å². The monoisotopic (exact) mass is 466 g/mol. The molecule has 2 aromatic heterocycles. The van der Waals surface area contributed by atoms with Crippen molar-refractivity contribution in [3.63, 3.8) is 0 Å². The van der Waals surface area contributed by atoms with Crippen molar-refractivity contribution in [1.82, 2.24) is 9.97 Å². The van der Waals surface area contributed by atoms with E-state index in [1.54, 1.807) is 30.5 Å². The fraction of sp³-hybridized carbons (Fsp3) is 0.0741. The fourth-order valence-electron chi connectivity index (χ4n) is 4.70. The number of Topliss-reactive ketones (excluding diaryl/α,β-unsaturated/α-hetero) is 1. The second kappa shape index (κ2) is 7.48. The van der Waals surface area contributed by atoms with Crippen LogP contribution in [0.3, 0.4) is 0 Å². The van der Waals surface area contributed by atoms with Gasteiger partial charge in [-0.05, 0) is 42.5 Å². The van der Waals surface area contributed by atoms with Crippen LogP contribution in [0, 0.1) is 5.82 Å². The van der Waals surface area contributed by atoms with Gasteiger partial charge >= 0.3 is 0 Å². The van der Waals surface area contributed by atoms with E-state index < -0.39 is 23.0 Å². The smallest absolute Gasteiger partial charge is 0.264 e. The minimum absolute atomic E-state index is 0.0702. The fourth-order valence-corrected chi connectivity index (χ4v) is 4.70. The number of carbonyl (C=O) groups excluding carboxylic acids is 2.